The van der Waals surface area contributed by atoms with E-state index in [0.717, 1.165) is 5.75 Å². The fourth-order valence-corrected chi connectivity index (χ4v) is 3.03. The van der Waals surface area contributed by atoms with E-state index in [1.165, 1.54) is 17.0 Å². The molecular weight excluding hydrogens is 290 g/mol. The van der Waals surface area contributed by atoms with Crippen molar-refractivity contribution in [1.29, 1.82) is 0 Å². The first kappa shape index (κ1) is 14.3. The predicted octanol–water partition coefficient (Wildman–Crippen LogP) is 2.05. The Hall–Kier alpha value is -1.14. The number of nitrogens with zero attached hydrogens (tertiary/aromatic N) is 1. The van der Waals surface area contributed by atoms with Gasteiger partial charge in [-0.1, -0.05) is 0 Å². The van der Waals surface area contributed by atoms with Crippen LogP contribution in [0.4, 0.5) is 0 Å². The van der Waals surface area contributed by atoms with Gasteiger partial charge in [0.2, 0.25) is 0 Å². The lowest BCUT2D eigenvalue weighted by atomic mass is 10.2. The fourth-order valence-electron chi connectivity index (χ4n) is 1.85. The lowest BCUT2D eigenvalue weighted by Crippen LogP contribution is -2.50. The molecule has 19 heavy (non-hydrogen) atoms. The van der Waals surface area contributed by atoms with E-state index < -0.39 is 6.04 Å². The summed E-state index contributed by atoms with van der Waals surface area (Å²) < 4.78 is 10.1. The number of esters is 1. The highest BCUT2D eigenvalue weighted by Crippen LogP contribution is 2.22. The van der Waals surface area contributed by atoms with Crippen LogP contribution in [0.25, 0.3) is 0 Å². The highest BCUT2D eigenvalue weighted by molar-refractivity contribution is 7.99. The molecule has 1 aromatic rings. The Kier molecular flexibility index (Phi) is 4.76. The minimum atomic E-state index is -0.560. The second-order valence-corrected chi connectivity index (χ2v) is 5.47. The van der Waals surface area contributed by atoms with Crippen LogP contribution in [0.1, 0.15) is 17.5 Å². The van der Waals surface area contributed by atoms with Crippen LogP contribution in [-0.2, 0) is 9.53 Å². The summed E-state index contributed by atoms with van der Waals surface area (Å²) in [6, 6.07) is 2.46. The molecule has 0 radical (unpaired) electrons. The summed E-state index contributed by atoms with van der Waals surface area (Å²) in [5.41, 5.74) is 0. The Morgan fingerprint density at radius 2 is 2.37 bits per heavy atom. The first-order valence-corrected chi connectivity index (χ1v) is 7.47. The summed E-state index contributed by atoms with van der Waals surface area (Å²) in [4.78, 5) is 25.6. The number of hydrogen-bond acceptors (Lipinski definition) is 5. The minimum Gasteiger partial charge on any atom is -0.464 e. The van der Waals surface area contributed by atoms with Crippen molar-refractivity contribution in [3.05, 3.63) is 23.1 Å². The lowest BCUT2D eigenvalue weighted by molar-refractivity contribution is -0.147. The van der Waals surface area contributed by atoms with E-state index in [1.54, 1.807) is 18.7 Å². The van der Waals surface area contributed by atoms with Crippen LogP contribution < -0.4 is 0 Å². The number of halogens is 1. The van der Waals surface area contributed by atoms with Gasteiger partial charge in [0.05, 0.1) is 6.61 Å². The molecule has 1 aliphatic rings. The molecule has 1 amide bonds. The zero-order valence-corrected chi connectivity index (χ0v) is 12.0. The monoisotopic (exact) mass is 303 g/mol. The molecule has 0 N–H and O–H groups in total. The molecule has 104 valence electrons. The van der Waals surface area contributed by atoms with Crippen molar-refractivity contribution in [3.8, 4) is 0 Å². The molecule has 0 aliphatic carbocycles. The molecule has 2 heterocycles. The maximum Gasteiger partial charge on any atom is 0.329 e. The summed E-state index contributed by atoms with van der Waals surface area (Å²) in [6.45, 7) is 2.53. The molecule has 0 aromatic carbocycles. The highest BCUT2D eigenvalue weighted by atomic mass is 35.5. The van der Waals surface area contributed by atoms with Gasteiger partial charge in [0.15, 0.2) is 11.0 Å². The van der Waals surface area contributed by atoms with Gasteiger partial charge in [-0.25, -0.2) is 4.79 Å². The summed E-state index contributed by atoms with van der Waals surface area (Å²) in [7, 11) is 0. The van der Waals surface area contributed by atoms with E-state index in [1.807, 2.05) is 0 Å². The maximum absolute atomic E-state index is 12.3. The summed E-state index contributed by atoms with van der Waals surface area (Å²) in [5.74, 6) is 0.770. The highest BCUT2D eigenvalue weighted by Gasteiger charge is 2.35. The predicted molar refractivity (Wildman–Crippen MR) is 72.5 cm³/mol. The van der Waals surface area contributed by atoms with Crippen LogP contribution in [0.5, 0.6) is 0 Å². The van der Waals surface area contributed by atoms with Crippen molar-refractivity contribution in [2.45, 2.75) is 13.0 Å². The van der Waals surface area contributed by atoms with Crippen LogP contribution in [0.2, 0.25) is 5.22 Å². The number of thioether (sulfide) groups is 1. The molecule has 0 spiro atoms. The zero-order chi connectivity index (χ0) is 13.8. The van der Waals surface area contributed by atoms with Gasteiger partial charge >= 0.3 is 5.97 Å². The number of hydrogen-bond donors (Lipinski definition) is 0. The number of carbonyl (C=O) groups is 2. The molecular formula is C12H14ClNO4S. The third-order valence-electron chi connectivity index (χ3n) is 2.73. The second kappa shape index (κ2) is 6.34. The summed E-state index contributed by atoms with van der Waals surface area (Å²) in [5, 5.41) is 0.155. The molecule has 2 rings (SSSR count). The molecule has 1 fully saturated rings. The Balaban J connectivity index is 2.15. The molecule has 5 nitrogen and oxygen atoms in total. The van der Waals surface area contributed by atoms with Crippen molar-refractivity contribution in [1.82, 2.24) is 4.90 Å². The van der Waals surface area contributed by atoms with Crippen molar-refractivity contribution in [2.24, 2.45) is 0 Å². The normalized spacial score (nSPS) is 19.3. The van der Waals surface area contributed by atoms with Crippen molar-refractivity contribution in [2.75, 3.05) is 24.7 Å². The van der Waals surface area contributed by atoms with Gasteiger partial charge in [-0.2, -0.15) is 11.8 Å². The lowest BCUT2D eigenvalue weighted by Gasteiger charge is -2.32. The SMILES string of the molecule is CCOC(=O)C1CSCCN1C(=O)c1ccc(Cl)o1. The van der Waals surface area contributed by atoms with Crippen molar-refractivity contribution >= 4 is 35.2 Å². The van der Waals surface area contributed by atoms with E-state index >= 15 is 0 Å². The van der Waals surface area contributed by atoms with Gasteiger partial charge in [-0.05, 0) is 30.7 Å². The average molecular weight is 304 g/mol. The smallest absolute Gasteiger partial charge is 0.329 e. The molecule has 0 saturated carbocycles. The van der Waals surface area contributed by atoms with E-state index in [9.17, 15) is 9.59 Å². The Morgan fingerprint density at radius 1 is 1.58 bits per heavy atom. The fraction of sp³-hybridized carbons (Fsp3) is 0.500. The average Bonchev–Trinajstić information content (AvgIpc) is 2.85. The zero-order valence-electron chi connectivity index (χ0n) is 10.4. The number of carbonyl (C=O) groups excluding carboxylic acids is 2. The third-order valence-corrected chi connectivity index (χ3v) is 3.96. The molecule has 1 unspecified atom stereocenters. The molecule has 1 saturated heterocycles. The van der Waals surface area contributed by atoms with Gasteiger partial charge < -0.3 is 14.1 Å². The Morgan fingerprint density at radius 3 is 3.00 bits per heavy atom. The van der Waals surface area contributed by atoms with Crippen molar-refractivity contribution in [3.63, 3.8) is 0 Å². The first-order chi connectivity index (χ1) is 9.13. The maximum atomic E-state index is 12.3. The van der Waals surface area contributed by atoms with E-state index in [4.69, 9.17) is 20.8 Å². The van der Waals surface area contributed by atoms with Crippen LogP contribution in [0.15, 0.2) is 16.5 Å². The molecule has 1 atom stereocenters. The van der Waals surface area contributed by atoms with Gasteiger partial charge in [-0.15, -0.1) is 0 Å². The molecule has 7 heteroatoms. The topological polar surface area (TPSA) is 59.8 Å². The second-order valence-electron chi connectivity index (χ2n) is 3.95. The Bertz CT molecular complexity index is 476. The number of rotatable bonds is 3. The minimum absolute atomic E-state index is 0.145. The van der Waals surface area contributed by atoms with Crippen LogP contribution in [0.3, 0.4) is 0 Å². The number of furan rings is 1. The molecule has 1 aromatic heterocycles. The summed E-state index contributed by atoms with van der Waals surface area (Å²) in [6.07, 6.45) is 0. The van der Waals surface area contributed by atoms with E-state index in [0.29, 0.717) is 18.9 Å². The van der Waals surface area contributed by atoms with Crippen LogP contribution >= 0.6 is 23.4 Å². The largest absolute Gasteiger partial charge is 0.464 e. The molecule has 1 aliphatic heterocycles. The third kappa shape index (κ3) is 3.25. The van der Waals surface area contributed by atoms with Gasteiger partial charge in [-0.3, -0.25) is 4.79 Å². The number of ether oxygens (including phenoxy) is 1. The molecule has 0 bridgehead atoms. The van der Waals surface area contributed by atoms with E-state index in [2.05, 4.69) is 0 Å². The van der Waals surface area contributed by atoms with Crippen LogP contribution in [-0.4, -0.2) is 47.5 Å². The van der Waals surface area contributed by atoms with Gasteiger partial charge in [0, 0.05) is 18.1 Å². The van der Waals surface area contributed by atoms with Gasteiger partial charge in [0.1, 0.15) is 6.04 Å². The number of amides is 1. The summed E-state index contributed by atoms with van der Waals surface area (Å²) >= 11 is 7.29. The van der Waals surface area contributed by atoms with Crippen molar-refractivity contribution < 1.29 is 18.7 Å². The first-order valence-electron chi connectivity index (χ1n) is 5.94. The van der Waals surface area contributed by atoms with E-state index in [-0.39, 0.29) is 22.9 Å². The Labute approximate surface area is 120 Å². The van der Waals surface area contributed by atoms with Crippen LogP contribution in [0, 0.1) is 0 Å². The quantitative estimate of drug-likeness (QED) is 0.800. The standard InChI is InChI=1S/C12H14ClNO4S/c1-2-17-12(16)8-7-19-6-5-14(8)11(15)9-3-4-10(13)18-9/h3-4,8H,2,5-7H2,1H3. The van der Waals surface area contributed by atoms with Gasteiger partial charge in [0.25, 0.3) is 5.91 Å².